The monoisotopic (exact) mass is 331 g/mol. The predicted molar refractivity (Wildman–Crippen MR) is 95.7 cm³/mol. The first-order valence-electron chi connectivity index (χ1n) is 7.78. The molecule has 1 atom stereocenters. The molecule has 1 aromatic heterocycles. The number of furan rings is 1. The van der Waals surface area contributed by atoms with Crippen molar-refractivity contribution in [2.24, 2.45) is 0 Å². The Labute approximate surface area is 146 Å². The summed E-state index contributed by atoms with van der Waals surface area (Å²) in [6.45, 7) is -0.140. The summed E-state index contributed by atoms with van der Waals surface area (Å²) in [5.74, 6) is 12.2. The molecular formula is C21H17NO3. The molecule has 0 saturated heterocycles. The van der Waals surface area contributed by atoms with E-state index in [4.69, 9.17) is 9.52 Å². The van der Waals surface area contributed by atoms with Crippen molar-refractivity contribution in [3.8, 4) is 23.7 Å². The van der Waals surface area contributed by atoms with Gasteiger partial charge in [-0.05, 0) is 65.3 Å². The van der Waals surface area contributed by atoms with Crippen molar-refractivity contribution >= 4 is 5.57 Å². The number of nitrogens with zero attached hydrogens (tertiary/aromatic N) is 1. The molecule has 1 aromatic carbocycles. The minimum absolute atomic E-state index is 0.140. The molecule has 2 N–H and O–H groups in total. The quantitative estimate of drug-likeness (QED) is 0.830. The Morgan fingerprint density at radius 3 is 2.52 bits per heavy atom. The molecule has 1 aliphatic heterocycles. The Kier molecular flexibility index (Phi) is 5.06. The Hall–Kier alpha value is -3.18. The first-order valence-corrected chi connectivity index (χ1v) is 7.78. The summed E-state index contributed by atoms with van der Waals surface area (Å²) in [7, 11) is 1.82. The van der Waals surface area contributed by atoms with E-state index < -0.39 is 6.23 Å². The van der Waals surface area contributed by atoms with Gasteiger partial charge in [0.2, 0.25) is 0 Å². The van der Waals surface area contributed by atoms with Crippen molar-refractivity contribution in [2.45, 2.75) is 12.8 Å². The topological polar surface area (TPSA) is 56.8 Å². The maximum absolute atomic E-state index is 9.86. The maximum Gasteiger partial charge on any atom is 0.178 e. The van der Waals surface area contributed by atoms with E-state index in [1.165, 1.54) is 0 Å². The molecule has 0 fully saturated rings. The molecule has 0 spiro atoms. The van der Waals surface area contributed by atoms with Gasteiger partial charge in [-0.1, -0.05) is 18.1 Å². The zero-order valence-corrected chi connectivity index (χ0v) is 13.7. The minimum Gasteiger partial charge on any atom is -0.450 e. The second kappa shape index (κ2) is 7.59. The van der Waals surface area contributed by atoms with Crippen LogP contribution in [0.2, 0.25) is 0 Å². The Balaban J connectivity index is 1.68. The van der Waals surface area contributed by atoms with Gasteiger partial charge in [-0.15, -0.1) is 0 Å². The van der Waals surface area contributed by atoms with Crippen LogP contribution < -0.4 is 0 Å². The largest absolute Gasteiger partial charge is 0.450 e. The summed E-state index contributed by atoms with van der Waals surface area (Å²) in [6, 6.07) is 11.1. The molecule has 4 nitrogen and oxygen atoms in total. The van der Waals surface area contributed by atoms with E-state index in [1.54, 1.807) is 23.1 Å². The summed E-state index contributed by atoms with van der Waals surface area (Å²) < 4.78 is 5.26. The fourth-order valence-corrected chi connectivity index (χ4v) is 2.28. The second-order valence-corrected chi connectivity index (χ2v) is 5.52. The highest BCUT2D eigenvalue weighted by molar-refractivity contribution is 5.75. The highest BCUT2D eigenvalue weighted by Crippen LogP contribution is 2.21. The smallest absolute Gasteiger partial charge is 0.178 e. The van der Waals surface area contributed by atoms with E-state index in [2.05, 4.69) is 23.7 Å². The third kappa shape index (κ3) is 4.22. The van der Waals surface area contributed by atoms with Crippen LogP contribution >= 0.6 is 0 Å². The summed E-state index contributed by atoms with van der Waals surface area (Å²) in [6.07, 6.45) is 5.00. The average molecular weight is 331 g/mol. The minimum atomic E-state index is -0.609. The molecule has 0 aliphatic carbocycles. The number of rotatable bonds is 2. The molecule has 4 heteroatoms. The van der Waals surface area contributed by atoms with Gasteiger partial charge in [0.25, 0.3) is 0 Å². The van der Waals surface area contributed by atoms with Crippen molar-refractivity contribution < 1.29 is 14.6 Å². The van der Waals surface area contributed by atoms with Crippen LogP contribution in [0.5, 0.6) is 0 Å². The van der Waals surface area contributed by atoms with Crippen molar-refractivity contribution in [3.63, 3.8) is 0 Å². The standard InChI is InChI=1S/C21H17NO3/c1-22-13-12-18(14-21(22)24)17-8-6-16(7-9-17)4-2-3-5-19-10-11-20(15-23)25-19/h6-14,21,23-24H,15H2,1H3. The number of likely N-dealkylation sites (N-methyl/N-ethyl adjacent to an activating group) is 1. The number of aliphatic hydroxyl groups is 2. The van der Waals surface area contributed by atoms with Crippen molar-refractivity contribution in [3.05, 3.63) is 77.4 Å². The third-order valence-electron chi connectivity index (χ3n) is 3.73. The third-order valence-corrected chi connectivity index (χ3v) is 3.73. The van der Waals surface area contributed by atoms with Crippen LogP contribution in [0.3, 0.4) is 0 Å². The number of hydrogen-bond acceptors (Lipinski definition) is 4. The number of allylic oxidation sites excluding steroid dienone is 2. The second-order valence-electron chi connectivity index (χ2n) is 5.52. The SMILES string of the molecule is CN1C=CC(c2ccc(C#CC#Cc3ccc(CO)o3)cc2)=CC1O. The molecule has 0 saturated carbocycles. The van der Waals surface area contributed by atoms with Gasteiger partial charge in [0, 0.05) is 18.8 Å². The van der Waals surface area contributed by atoms with Gasteiger partial charge in [-0.3, -0.25) is 0 Å². The molecule has 3 rings (SSSR count). The molecule has 1 unspecified atom stereocenters. The normalized spacial score (nSPS) is 15.7. The fraction of sp³-hybridized carbons (Fsp3) is 0.143. The zero-order valence-electron chi connectivity index (χ0n) is 13.7. The van der Waals surface area contributed by atoms with E-state index in [0.717, 1.165) is 16.7 Å². The summed E-state index contributed by atoms with van der Waals surface area (Å²) in [5.41, 5.74) is 2.85. The van der Waals surface area contributed by atoms with Crippen LogP contribution in [0.4, 0.5) is 0 Å². The van der Waals surface area contributed by atoms with E-state index in [-0.39, 0.29) is 6.61 Å². The molecule has 0 amide bonds. The van der Waals surface area contributed by atoms with Gasteiger partial charge in [-0.25, -0.2) is 0 Å². The molecule has 25 heavy (non-hydrogen) atoms. The van der Waals surface area contributed by atoms with Gasteiger partial charge >= 0.3 is 0 Å². The lowest BCUT2D eigenvalue weighted by molar-refractivity contribution is 0.0981. The fourth-order valence-electron chi connectivity index (χ4n) is 2.28. The van der Waals surface area contributed by atoms with Crippen molar-refractivity contribution in [1.82, 2.24) is 4.90 Å². The van der Waals surface area contributed by atoms with Crippen LogP contribution in [0, 0.1) is 23.7 Å². The number of hydrogen-bond donors (Lipinski definition) is 2. The molecule has 124 valence electrons. The predicted octanol–water partition coefficient (Wildman–Crippen LogP) is 2.34. The van der Waals surface area contributed by atoms with Crippen molar-refractivity contribution in [1.29, 1.82) is 0 Å². The van der Waals surface area contributed by atoms with Crippen molar-refractivity contribution in [2.75, 3.05) is 7.05 Å². The summed E-state index contributed by atoms with van der Waals surface area (Å²) in [5, 5.41) is 18.8. The van der Waals surface area contributed by atoms with Gasteiger partial charge in [0.05, 0.1) is 0 Å². The Morgan fingerprint density at radius 1 is 1.08 bits per heavy atom. The molecular weight excluding hydrogens is 314 g/mol. The molecule has 0 bridgehead atoms. The lowest BCUT2D eigenvalue weighted by Crippen LogP contribution is -2.26. The molecule has 2 heterocycles. The molecule has 1 aliphatic rings. The van der Waals surface area contributed by atoms with Gasteiger partial charge < -0.3 is 19.5 Å². The van der Waals surface area contributed by atoms with Gasteiger partial charge in [-0.2, -0.15) is 0 Å². The van der Waals surface area contributed by atoms with Crippen LogP contribution in [-0.2, 0) is 6.61 Å². The zero-order chi connectivity index (χ0) is 17.6. The first kappa shape index (κ1) is 16.7. The summed E-state index contributed by atoms with van der Waals surface area (Å²) in [4.78, 5) is 1.73. The van der Waals surface area contributed by atoms with Crippen LogP contribution in [-0.4, -0.2) is 28.4 Å². The van der Waals surface area contributed by atoms with Gasteiger partial charge in [0.1, 0.15) is 18.6 Å². The average Bonchev–Trinajstić information content (AvgIpc) is 3.10. The lowest BCUT2D eigenvalue weighted by atomic mass is 10.0. The number of benzene rings is 1. The molecule has 0 radical (unpaired) electrons. The van der Waals surface area contributed by atoms with E-state index in [0.29, 0.717) is 11.5 Å². The lowest BCUT2D eigenvalue weighted by Gasteiger charge is -2.23. The van der Waals surface area contributed by atoms with E-state index >= 15 is 0 Å². The van der Waals surface area contributed by atoms with Crippen LogP contribution in [0.15, 0.2) is 59.2 Å². The highest BCUT2D eigenvalue weighted by Gasteiger charge is 2.11. The summed E-state index contributed by atoms with van der Waals surface area (Å²) >= 11 is 0. The maximum atomic E-state index is 9.86. The van der Waals surface area contributed by atoms with Crippen LogP contribution in [0.25, 0.3) is 5.57 Å². The Morgan fingerprint density at radius 2 is 1.84 bits per heavy atom. The van der Waals surface area contributed by atoms with E-state index in [1.807, 2.05) is 43.6 Å². The first-order chi connectivity index (χ1) is 12.2. The molecule has 2 aromatic rings. The van der Waals surface area contributed by atoms with Gasteiger partial charge in [0.15, 0.2) is 5.76 Å². The highest BCUT2D eigenvalue weighted by atomic mass is 16.4. The number of aliphatic hydroxyl groups excluding tert-OH is 2. The van der Waals surface area contributed by atoms with Crippen LogP contribution in [0.1, 0.15) is 22.6 Å². The Bertz CT molecular complexity index is 927. The van der Waals surface area contributed by atoms with E-state index in [9.17, 15) is 5.11 Å².